The smallest absolute Gasteiger partial charge is 0.416 e. The van der Waals surface area contributed by atoms with E-state index in [1.807, 2.05) is 0 Å². The normalized spacial score (nSPS) is 14.9. The second kappa shape index (κ2) is 6.54. The maximum atomic E-state index is 14.3. The zero-order valence-electron chi connectivity index (χ0n) is 15.1. The summed E-state index contributed by atoms with van der Waals surface area (Å²) < 4.78 is 57.9. The van der Waals surface area contributed by atoms with Crippen molar-refractivity contribution in [2.75, 3.05) is 6.54 Å². The van der Waals surface area contributed by atoms with Crippen LogP contribution in [0.25, 0.3) is 11.3 Å². The first-order chi connectivity index (χ1) is 12.5. The Morgan fingerprint density at radius 2 is 1.96 bits per heavy atom. The number of nitrogens with zero attached hydrogens (tertiary/aromatic N) is 2. The molecular weight excluding hydrogens is 366 g/mol. The summed E-state index contributed by atoms with van der Waals surface area (Å²) in [5, 5.41) is 6.85. The highest BCUT2D eigenvalue weighted by Gasteiger charge is 2.33. The number of benzene rings is 1. The second-order valence-corrected chi connectivity index (χ2v) is 7.37. The Hall–Kier alpha value is -2.58. The number of fused-ring (bicyclic) bond motifs is 1. The van der Waals surface area contributed by atoms with Gasteiger partial charge in [-0.05, 0) is 39.0 Å². The molecule has 0 atom stereocenters. The van der Waals surface area contributed by atoms with Crippen LogP contribution < -0.4 is 0 Å². The summed E-state index contributed by atoms with van der Waals surface area (Å²) in [4.78, 5) is 13.8. The molecule has 146 valence electrons. The summed E-state index contributed by atoms with van der Waals surface area (Å²) in [7, 11) is 0. The van der Waals surface area contributed by atoms with Gasteiger partial charge in [-0.25, -0.2) is 9.18 Å². The average molecular weight is 385 g/mol. The molecule has 0 saturated heterocycles. The molecule has 27 heavy (non-hydrogen) atoms. The topological polar surface area (TPSA) is 58.2 Å². The Bertz CT molecular complexity index is 868. The maximum Gasteiger partial charge on any atom is 0.416 e. The highest BCUT2D eigenvalue weighted by molar-refractivity contribution is 5.71. The minimum absolute atomic E-state index is 0.0495. The van der Waals surface area contributed by atoms with E-state index in [-0.39, 0.29) is 17.8 Å². The van der Waals surface area contributed by atoms with Gasteiger partial charge in [0.15, 0.2) is 0 Å². The number of alkyl halides is 3. The van der Waals surface area contributed by atoms with E-state index in [0.29, 0.717) is 24.6 Å². The number of aromatic nitrogens is 2. The van der Waals surface area contributed by atoms with Gasteiger partial charge in [-0.3, -0.25) is 5.10 Å². The largest absolute Gasteiger partial charge is 0.444 e. The molecule has 1 aromatic heterocycles. The predicted molar refractivity (Wildman–Crippen MR) is 89.3 cm³/mol. The van der Waals surface area contributed by atoms with Crippen molar-refractivity contribution in [1.82, 2.24) is 15.1 Å². The number of rotatable bonds is 1. The molecule has 0 saturated carbocycles. The lowest BCUT2D eigenvalue weighted by Gasteiger charge is -2.30. The molecule has 0 fully saturated rings. The zero-order chi connectivity index (χ0) is 20.0. The van der Waals surface area contributed by atoms with Gasteiger partial charge in [0.05, 0.1) is 12.1 Å². The molecule has 0 radical (unpaired) electrons. The maximum absolute atomic E-state index is 14.3. The van der Waals surface area contributed by atoms with Crippen LogP contribution in [0.1, 0.15) is 37.6 Å². The number of carbonyl (C=O) groups excluding carboxylic acids is 1. The fourth-order valence-corrected chi connectivity index (χ4v) is 2.88. The average Bonchev–Trinajstić information content (AvgIpc) is 2.95. The van der Waals surface area contributed by atoms with Crippen LogP contribution in [0, 0.1) is 5.82 Å². The summed E-state index contributed by atoms with van der Waals surface area (Å²) in [6.07, 6.45) is -4.67. The Morgan fingerprint density at radius 1 is 1.26 bits per heavy atom. The van der Waals surface area contributed by atoms with Crippen molar-refractivity contribution in [1.29, 1.82) is 0 Å². The van der Waals surface area contributed by atoms with Gasteiger partial charge in [-0.1, -0.05) is 0 Å². The van der Waals surface area contributed by atoms with Gasteiger partial charge in [0.2, 0.25) is 0 Å². The Labute approximate surface area is 153 Å². The quantitative estimate of drug-likeness (QED) is 0.734. The molecule has 0 unspecified atom stereocenters. The Kier molecular flexibility index (Phi) is 4.65. The summed E-state index contributed by atoms with van der Waals surface area (Å²) in [6, 6.07) is 2.32. The molecule has 1 aliphatic heterocycles. The third-order valence-corrected chi connectivity index (χ3v) is 4.14. The second-order valence-electron chi connectivity index (χ2n) is 7.37. The summed E-state index contributed by atoms with van der Waals surface area (Å²) in [5.74, 6) is -1.02. The third-order valence-electron chi connectivity index (χ3n) is 4.14. The van der Waals surface area contributed by atoms with Crippen LogP contribution in [0.3, 0.4) is 0 Å². The summed E-state index contributed by atoms with van der Waals surface area (Å²) >= 11 is 0. The van der Waals surface area contributed by atoms with Gasteiger partial charge < -0.3 is 9.64 Å². The van der Waals surface area contributed by atoms with Crippen molar-refractivity contribution >= 4 is 6.09 Å². The molecule has 1 amide bonds. The van der Waals surface area contributed by atoms with Gasteiger partial charge >= 0.3 is 12.3 Å². The van der Waals surface area contributed by atoms with E-state index in [0.717, 1.165) is 17.8 Å². The van der Waals surface area contributed by atoms with Gasteiger partial charge in [0.1, 0.15) is 17.1 Å². The Morgan fingerprint density at radius 3 is 2.56 bits per heavy atom. The van der Waals surface area contributed by atoms with E-state index in [2.05, 4.69) is 10.2 Å². The SMILES string of the molecule is CC(C)(C)OC(=O)N1CCc2[nH]nc(-c3ccc(C(F)(F)F)cc3F)c2C1. The highest BCUT2D eigenvalue weighted by Crippen LogP contribution is 2.35. The van der Waals surface area contributed by atoms with E-state index < -0.39 is 29.3 Å². The molecular formula is C18H19F4N3O2. The minimum Gasteiger partial charge on any atom is -0.444 e. The molecule has 0 bridgehead atoms. The van der Waals surface area contributed by atoms with Crippen molar-refractivity contribution in [2.45, 2.75) is 45.5 Å². The van der Waals surface area contributed by atoms with E-state index in [1.54, 1.807) is 20.8 Å². The molecule has 2 aromatic rings. The van der Waals surface area contributed by atoms with Crippen LogP contribution in [0.4, 0.5) is 22.4 Å². The molecule has 1 N–H and O–H groups in total. The predicted octanol–water partition coefficient (Wildman–Crippen LogP) is 4.53. The number of halogens is 4. The molecule has 1 aromatic carbocycles. The lowest BCUT2D eigenvalue weighted by Crippen LogP contribution is -2.39. The van der Waals surface area contributed by atoms with Crippen molar-refractivity contribution in [3.8, 4) is 11.3 Å². The number of H-pyrrole nitrogens is 1. The standard InChI is InChI=1S/C18H19F4N3O2/c1-17(2,3)27-16(26)25-7-6-14-12(9-25)15(24-23-14)11-5-4-10(8-13(11)19)18(20,21)22/h4-5,8H,6-7,9H2,1-3H3,(H,23,24). The Balaban J connectivity index is 1.90. The number of amides is 1. The van der Waals surface area contributed by atoms with Crippen molar-refractivity contribution in [3.05, 3.63) is 40.8 Å². The number of hydrogen-bond donors (Lipinski definition) is 1. The van der Waals surface area contributed by atoms with Crippen LogP contribution in [-0.4, -0.2) is 33.3 Å². The van der Waals surface area contributed by atoms with Crippen LogP contribution in [0.15, 0.2) is 18.2 Å². The first-order valence-electron chi connectivity index (χ1n) is 8.37. The molecule has 3 rings (SSSR count). The number of hydrogen-bond acceptors (Lipinski definition) is 3. The van der Waals surface area contributed by atoms with Gasteiger partial charge in [0.25, 0.3) is 0 Å². The molecule has 5 nitrogen and oxygen atoms in total. The molecule has 9 heteroatoms. The molecule has 1 aliphatic rings. The summed E-state index contributed by atoms with van der Waals surface area (Å²) in [6.45, 7) is 5.79. The minimum atomic E-state index is -4.63. The van der Waals surface area contributed by atoms with Gasteiger partial charge in [-0.2, -0.15) is 18.3 Å². The molecule has 0 spiro atoms. The van der Waals surface area contributed by atoms with Crippen LogP contribution >= 0.6 is 0 Å². The monoisotopic (exact) mass is 385 g/mol. The van der Waals surface area contributed by atoms with Crippen LogP contribution in [-0.2, 0) is 23.9 Å². The van der Waals surface area contributed by atoms with Gasteiger partial charge in [0, 0.05) is 29.8 Å². The van der Waals surface area contributed by atoms with Crippen molar-refractivity contribution in [2.24, 2.45) is 0 Å². The van der Waals surface area contributed by atoms with E-state index in [9.17, 15) is 22.4 Å². The number of aromatic amines is 1. The van der Waals surface area contributed by atoms with Crippen molar-refractivity contribution in [3.63, 3.8) is 0 Å². The number of carbonyl (C=O) groups is 1. The molecule has 0 aliphatic carbocycles. The fraction of sp³-hybridized carbons (Fsp3) is 0.444. The first-order valence-corrected chi connectivity index (χ1v) is 8.37. The molecule has 2 heterocycles. The van der Waals surface area contributed by atoms with E-state index in [1.165, 1.54) is 4.90 Å². The van der Waals surface area contributed by atoms with E-state index >= 15 is 0 Å². The third kappa shape index (κ3) is 4.06. The van der Waals surface area contributed by atoms with Gasteiger partial charge in [-0.15, -0.1) is 0 Å². The lowest BCUT2D eigenvalue weighted by molar-refractivity contribution is -0.137. The van der Waals surface area contributed by atoms with Crippen molar-refractivity contribution < 1.29 is 27.1 Å². The summed E-state index contributed by atoms with van der Waals surface area (Å²) in [5.41, 5.74) is -0.273. The number of ether oxygens (including phenoxy) is 1. The first kappa shape index (κ1) is 19.2. The fourth-order valence-electron chi connectivity index (χ4n) is 2.88. The van der Waals surface area contributed by atoms with E-state index in [4.69, 9.17) is 4.74 Å². The van der Waals surface area contributed by atoms with Crippen LogP contribution in [0.2, 0.25) is 0 Å². The number of nitrogens with one attached hydrogen (secondary N) is 1. The zero-order valence-corrected chi connectivity index (χ0v) is 15.1. The lowest BCUT2D eigenvalue weighted by atomic mass is 10.00. The highest BCUT2D eigenvalue weighted by atomic mass is 19.4. The van der Waals surface area contributed by atoms with Crippen LogP contribution in [0.5, 0.6) is 0 Å².